The van der Waals surface area contributed by atoms with Crippen molar-refractivity contribution >= 4 is 11.6 Å². The minimum atomic E-state index is 0.0835. The summed E-state index contributed by atoms with van der Waals surface area (Å²) in [5.74, 6) is 0.0835. The smallest absolute Gasteiger partial charge is 0.244 e. The van der Waals surface area contributed by atoms with E-state index in [0.717, 1.165) is 25.1 Å². The number of nitrogens with two attached hydrogens (primary N) is 1. The summed E-state index contributed by atoms with van der Waals surface area (Å²) < 4.78 is 1.59. The van der Waals surface area contributed by atoms with Crippen molar-refractivity contribution < 1.29 is 4.79 Å². The molecule has 0 aliphatic carbocycles. The van der Waals surface area contributed by atoms with E-state index in [9.17, 15) is 4.79 Å². The minimum absolute atomic E-state index is 0.0835. The standard InChI is InChI=1S/C13H17N5O/c14-10-7-16-17(8-10)9-13(19)18-6-2-4-12(18)11-3-1-5-15-11/h1,3,5,7-8,12,15H,2,4,6,9,14H2. The van der Waals surface area contributed by atoms with Crippen molar-refractivity contribution in [2.45, 2.75) is 25.4 Å². The Morgan fingerprint density at radius 1 is 1.58 bits per heavy atom. The van der Waals surface area contributed by atoms with Crippen molar-refractivity contribution in [3.05, 3.63) is 36.4 Å². The molecule has 19 heavy (non-hydrogen) atoms. The molecule has 1 unspecified atom stereocenters. The third-order valence-electron chi connectivity index (χ3n) is 3.50. The lowest BCUT2D eigenvalue weighted by atomic mass is 10.1. The van der Waals surface area contributed by atoms with E-state index < -0.39 is 0 Å². The minimum Gasteiger partial charge on any atom is -0.396 e. The van der Waals surface area contributed by atoms with Gasteiger partial charge in [-0.1, -0.05) is 0 Å². The predicted octanol–water partition coefficient (Wildman–Crippen LogP) is 1.16. The lowest BCUT2D eigenvalue weighted by Crippen LogP contribution is -2.33. The maximum Gasteiger partial charge on any atom is 0.244 e. The van der Waals surface area contributed by atoms with Crippen molar-refractivity contribution in [2.75, 3.05) is 12.3 Å². The van der Waals surface area contributed by atoms with Crippen molar-refractivity contribution in [1.82, 2.24) is 19.7 Å². The van der Waals surface area contributed by atoms with Crippen molar-refractivity contribution in [3.8, 4) is 0 Å². The molecule has 6 heteroatoms. The molecule has 1 aliphatic rings. The molecule has 1 amide bonds. The Labute approximate surface area is 111 Å². The first-order valence-corrected chi connectivity index (χ1v) is 6.45. The fourth-order valence-corrected chi connectivity index (χ4v) is 2.64. The van der Waals surface area contributed by atoms with E-state index in [2.05, 4.69) is 10.1 Å². The van der Waals surface area contributed by atoms with Crippen LogP contribution in [0.15, 0.2) is 30.7 Å². The van der Waals surface area contributed by atoms with Gasteiger partial charge in [-0.3, -0.25) is 9.48 Å². The van der Waals surface area contributed by atoms with Gasteiger partial charge in [0.25, 0.3) is 0 Å². The molecule has 1 saturated heterocycles. The molecule has 2 aromatic rings. The summed E-state index contributed by atoms with van der Waals surface area (Å²) in [5, 5.41) is 4.05. The first kappa shape index (κ1) is 11.8. The molecule has 2 aromatic heterocycles. The number of nitrogen functional groups attached to an aromatic ring is 1. The van der Waals surface area contributed by atoms with Gasteiger partial charge in [0, 0.05) is 24.6 Å². The van der Waals surface area contributed by atoms with Gasteiger partial charge in [0.2, 0.25) is 5.91 Å². The van der Waals surface area contributed by atoms with Gasteiger partial charge in [-0.2, -0.15) is 5.10 Å². The van der Waals surface area contributed by atoms with Crippen molar-refractivity contribution in [2.24, 2.45) is 0 Å². The quantitative estimate of drug-likeness (QED) is 0.868. The van der Waals surface area contributed by atoms with Crippen LogP contribution >= 0.6 is 0 Å². The summed E-state index contributed by atoms with van der Waals surface area (Å²) in [6.45, 7) is 1.05. The number of H-pyrrole nitrogens is 1. The second-order valence-corrected chi connectivity index (χ2v) is 4.84. The summed E-state index contributed by atoms with van der Waals surface area (Å²) in [4.78, 5) is 17.5. The summed E-state index contributed by atoms with van der Waals surface area (Å²) in [7, 11) is 0. The topological polar surface area (TPSA) is 79.9 Å². The molecule has 3 heterocycles. The van der Waals surface area contributed by atoms with Crippen molar-refractivity contribution in [1.29, 1.82) is 0 Å². The molecule has 0 bridgehead atoms. The van der Waals surface area contributed by atoms with Crippen LogP contribution in [0, 0.1) is 0 Å². The Bertz CT molecular complexity index is 559. The number of carbonyl (C=O) groups excluding carboxylic acids is 1. The molecule has 0 saturated carbocycles. The van der Waals surface area contributed by atoms with E-state index in [0.29, 0.717) is 5.69 Å². The number of hydrogen-bond donors (Lipinski definition) is 2. The van der Waals surface area contributed by atoms with Crippen LogP contribution in [0.4, 0.5) is 5.69 Å². The molecule has 0 radical (unpaired) electrons. The second kappa shape index (κ2) is 4.79. The number of likely N-dealkylation sites (tertiary alicyclic amines) is 1. The highest BCUT2D eigenvalue weighted by Crippen LogP contribution is 2.30. The molecular weight excluding hydrogens is 242 g/mol. The number of hydrogen-bond acceptors (Lipinski definition) is 3. The summed E-state index contributed by atoms with van der Waals surface area (Å²) in [6, 6.07) is 4.16. The third-order valence-corrected chi connectivity index (χ3v) is 3.50. The first-order chi connectivity index (χ1) is 9.24. The maximum absolute atomic E-state index is 12.3. The molecule has 3 rings (SSSR count). The fourth-order valence-electron chi connectivity index (χ4n) is 2.64. The maximum atomic E-state index is 12.3. The van der Waals surface area contributed by atoms with Crippen LogP contribution in [0.5, 0.6) is 0 Å². The molecular formula is C13H17N5O. The molecule has 0 aromatic carbocycles. The SMILES string of the molecule is Nc1cnn(CC(=O)N2CCCC2c2ccc[nH]2)c1. The Morgan fingerprint density at radius 3 is 3.16 bits per heavy atom. The fraction of sp³-hybridized carbons (Fsp3) is 0.385. The van der Waals surface area contributed by atoms with Crippen LogP contribution in [-0.2, 0) is 11.3 Å². The monoisotopic (exact) mass is 259 g/mol. The average molecular weight is 259 g/mol. The molecule has 3 N–H and O–H groups in total. The van der Waals surface area contributed by atoms with Gasteiger partial charge in [0.15, 0.2) is 0 Å². The zero-order valence-corrected chi connectivity index (χ0v) is 10.6. The van der Waals surface area contributed by atoms with Gasteiger partial charge in [-0.25, -0.2) is 0 Å². The van der Waals surface area contributed by atoms with Crippen LogP contribution in [0.2, 0.25) is 0 Å². The van der Waals surface area contributed by atoms with E-state index in [-0.39, 0.29) is 18.5 Å². The number of nitrogens with zero attached hydrogens (tertiary/aromatic N) is 3. The molecule has 100 valence electrons. The predicted molar refractivity (Wildman–Crippen MR) is 71.1 cm³/mol. The van der Waals surface area contributed by atoms with Gasteiger partial charge < -0.3 is 15.6 Å². The Hall–Kier alpha value is -2.24. The van der Waals surface area contributed by atoms with E-state index >= 15 is 0 Å². The van der Waals surface area contributed by atoms with Crippen LogP contribution in [-0.4, -0.2) is 32.1 Å². The van der Waals surface area contributed by atoms with E-state index in [1.54, 1.807) is 17.1 Å². The Kier molecular flexibility index (Phi) is 2.98. The number of rotatable bonds is 3. The highest BCUT2D eigenvalue weighted by Gasteiger charge is 2.30. The third kappa shape index (κ3) is 2.33. The second-order valence-electron chi connectivity index (χ2n) is 4.84. The summed E-state index contributed by atoms with van der Waals surface area (Å²) >= 11 is 0. The van der Waals surface area contributed by atoms with Crippen LogP contribution in [0.1, 0.15) is 24.6 Å². The summed E-state index contributed by atoms with van der Waals surface area (Å²) in [5.41, 5.74) is 7.28. The molecule has 1 fully saturated rings. The molecule has 1 atom stereocenters. The van der Waals surface area contributed by atoms with Gasteiger partial charge in [-0.15, -0.1) is 0 Å². The van der Waals surface area contributed by atoms with E-state index in [4.69, 9.17) is 5.73 Å². The zero-order valence-electron chi connectivity index (χ0n) is 10.6. The number of anilines is 1. The highest BCUT2D eigenvalue weighted by molar-refractivity contribution is 5.76. The van der Waals surface area contributed by atoms with Crippen LogP contribution < -0.4 is 5.73 Å². The van der Waals surface area contributed by atoms with Gasteiger partial charge in [0.1, 0.15) is 6.54 Å². The number of carbonyl (C=O) groups is 1. The first-order valence-electron chi connectivity index (χ1n) is 6.45. The molecule has 1 aliphatic heterocycles. The zero-order chi connectivity index (χ0) is 13.2. The summed E-state index contributed by atoms with van der Waals surface area (Å²) in [6.07, 6.45) is 7.17. The number of nitrogens with one attached hydrogen (secondary N) is 1. The van der Waals surface area contributed by atoms with Crippen LogP contribution in [0.3, 0.4) is 0 Å². The highest BCUT2D eigenvalue weighted by atomic mass is 16.2. The molecule has 6 nitrogen and oxygen atoms in total. The average Bonchev–Trinajstić information content (AvgIpc) is 3.07. The number of aromatic nitrogens is 3. The molecule has 0 spiro atoms. The van der Waals surface area contributed by atoms with E-state index in [1.807, 2.05) is 23.2 Å². The van der Waals surface area contributed by atoms with Gasteiger partial charge in [0.05, 0.1) is 17.9 Å². The lowest BCUT2D eigenvalue weighted by Gasteiger charge is -2.24. The Morgan fingerprint density at radius 2 is 2.47 bits per heavy atom. The van der Waals surface area contributed by atoms with E-state index in [1.165, 1.54) is 0 Å². The lowest BCUT2D eigenvalue weighted by molar-refractivity contribution is -0.133. The van der Waals surface area contributed by atoms with Gasteiger partial charge >= 0.3 is 0 Å². The van der Waals surface area contributed by atoms with Crippen molar-refractivity contribution in [3.63, 3.8) is 0 Å². The Balaban J connectivity index is 1.72. The number of aromatic amines is 1. The van der Waals surface area contributed by atoms with Gasteiger partial charge in [-0.05, 0) is 25.0 Å². The normalized spacial score (nSPS) is 18.9. The largest absolute Gasteiger partial charge is 0.396 e. The van der Waals surface area contributed by atoms with Crippen LogP contribution in [0.25, 0.3) is 0 Å². The number of amides is 1.